The van der Waals surface area contributed by atoms with Gasteiger partial charge in [-0.05, 0) is 35.6 Å². The van der Waals surface area contributed by atoms with E-state index in [1.165, 1.54) is 4.90 Å². The predicted octanol–water partition coefficient (Wildman–Crippen LogP) is 4.19. The SMILES string of the molecule is C[C@H]1[C@H]2C(=O)N(c3ccccc3)C(=O)[C@H]2c2c([nH]c3ccccc23)[C@H]1C. The lowest BCUT2D eigenvalue weighted by atomic mass is 9.67. The van der Waals surface area contributed by atoms with E-state index in [4.69, 9.17) is 0 Å². The van der Waals surface area contributed by atoms with Crippen LogP contribution in [0.25, 0.3) is 10.9 Å². The standard InChI is InChI=1S/C22H20N2O2/c1-12-13(2)20-18(15-10-6-7-11-16(15)23-20)19-17(12)21(25)24(22(19)26)14-8-4-3-5-9-14/h3-13,17,19,23H,1-2H3/t12-,13+,17-,19-/m1/s1. The molecule has 0 saturated carbocycles. The summed E-state index contributed by atoms with van der Waals surface area (Å²) in [5.41, 5.74) is 3.83. The lowest BCUT2D eigenvalue weighted by Crippen LogP contribution is -2.33. The fourth-order valence-electron chi connectivity index (χ4n) is 4.81. The molecule has 5 rings (SSSR count). The lowest BCUT2D eigenvalue weighted by Gasteiger charge is -2.33. The second-order valence-corrected chi connectivity index (χ2v) is 7.50. The van der Waals surface area contributed by atoms with Gasteiger partial charge in [-0.25, -0.2) is 4.90 Å². The number of amides is 2. The van der Waals surface area contributed by atoms with Gasteiger partial charge in [0.25, 0.3) is 0 Å². The topological polar surface area (TPSA) is 53.2 Å². The monoisotopic (exact) mass is 344 g/mol. The van der Waals surface area contributed by atoms with Crippen LogP contribution in [0.2, 0.25) is 0 Å². The number of hydrogen-bond donors (Lipinski definition) is 1. The minimum absolute atomic E-state index is 0.0681. The maximum Gasteiger partial charge on any atom is 0.242 e. The van der Waals surface area contributed by atoms with Crippen LogP contribution in [0.1, 0.15) is 36.9 Å². The van der Waals surface area contributed by atoms with Gasteiger partial charge in [0, 0.05) is 16.6 Å². The highest BCUT2D eigenvalue weighted by atomic mass is 16.2. The van der Waals surface area contributed by atoms with Crippen molar-refractivity contribution in [3.8, 4) is 0 Å². The highest BCUT2D eigenvalue weighted by Gasteiger charge is 2.56. The molecular weight excluding hydrogens is 324 g/mol. The molecule has 0 bridgehead atoms. The van der Waals surface area contributed by atoms with E-state index in [0.717, 1.165) is 22.2 Å². The number of fused-ring (bicyclic) bond motifs is 5. The third-order valence-corrected chi connectivity index (χ3v) is 6.26. The number of anilines is 1. The van der Waals surface area contributed by atoms with Crippen molar-refractivity contribution in [3.05, 3.63) is 65.9 Å². The highest BCUT2D eigenvalue weighted by Crippen LogP contribution is 2.53. The Morgan fingerprint density at radius 3 is 2.35 bits per heavy atom. The summed E-state index contributed by atoms with van der Waals surface area (Å²) in [7, 11) is 0. The Kier molecular flexibility index (Phi) is 3.14. The van der Waals surface area contributed by atoms with Gasteiger partial charge in [-0.15, -0.1) is 0 Å². The first-order chi connectivity index (χ1) is 12.6. The van der Waals surface area contributed by atoms with Crippen LogP contribution in [-0.2, 0) is 9.59 Å². The van der Waals surface area contributed by atoms with Gasteiger partial charge >= 0.3 is 0 Å². The summed E-state index contributed by atoms with van der Waals surface area (Å²) in [6.07, 6.45) is 0. The average Bonchev–Trinajstić information content (AvgIpc) is 3.16. The molecule has 1 fully saturated rings. The van der Waals surface area contributed by atoms with Crippen LogP contribution in [0.5, 0.6) is 0 Å². The van der Waals surface area contributed by atoms with E-state index in [1.807, 2.05) is 54.6 Å². The third-order valence-electron chi connectivity index (χ3n) is 6.26. The maximum atomic E-state index is 13.4. The molecule has 2 aromatic carbocycles. The molecule has 2 amide bonds. The van der Waals surface area contributed by atoms with Crippen molar-refractivity contribution in [3.63, 3.8) is 0 Å². The molecule has 4 atom stereocenters. The second kappa shape index (κ2) is 5.31. The number of aromatic nitrogens is 1. The first kappa shape index (κ1) is 15.4. The zero-order chi connectivity index (χ0) is 18.0. The van der Waals surface area contributed by atoms with Crippen molar-refractivity contribution in [2.24, 2.45) is 11.8 Å². The zero-order valence-corrected chi connectivity index (χ0v) is 14.8. The molecule has 1 aliphatic carbocycles. The summed E-state index contributed by atoms with van der Waals surface area (Å²) in [5, 5.41) is 1.06. The summed E-state index contributed by atoms with van der Waals surface area (Å²) in [4.78, 5) is 31.6. The molecule has 0 spiro atoms. The van der Waals surface area contributed by atoms with Crippen LogP contribution in [0, 0.1) is 11.8 Å². The minimum atomic E-state index is -0.403. The van der Waals surface area contributed by atoms with Crippen LogP contribution >= 0.6 is 0 Å². The highest BCUT2D eigenvalue weighted by molar-refractivity contribution is 6.25. The zero-order valence-electron chi connectivity index (χ0n) is 14.8. The van der Waals surface area contributed by atoms with E-state index in [0.29, 0.717) is 5.69 Å². The number of carbonyl (C=O) groups excluding carboxylic acids is 2. The van der Waals surface area contributed by atoms with E-state index >= 15 is 0 Å². The van der Waals surface area contributed by atoms with E-state index in [2.05, 4.69) is 18.8 Å². The quantitative estimate of drug-likeness (QED) is 0.673. The van der Waals surface area contributed by atoms with E-state index in [-0.39, 0.29) is 29.6 Å². The van der Waals surface area contributed by atoms with Crippen molar-refractivity contribution >= 4 is 28.4 Å². The molecule has 4 nitrogen and oxygen atoms in total. The number of H-pyrrole nitrogens is 1. The Hall–Kier alpha value is -2.88. The number of nitrogens with zero attached hydrogens (tertiary/aromatic N) is 1. The first-order valence-electron chi connectivity index (χ1n) is 9.13. The molecule has 1 aromatic heterocycles. The van der Waals surface area contributed by atoms with Crippen molar-refractivity contribution in [1.82, 2.24) is 4.98 Å². The fraction of sp³-hybridized carbons (Fsp3) is 0.273. The molecule has 2 heterocycles. The van der Waals surface area contributed by atoms with Gasteiger partial charge in [-0.3, -0.25) is 9.59 Å². The van der Waals surface area contributed by atoms with Gasteiger partial charge in [0.1, 0.15) is 0 Å². The van der Waals surface area contributed by atoms with Crippen LogP contribution in [0.4, 0.5) is 5.69 Å². The molecule has 2 aliphatic rings. The normalized spacial score (nSPS) is 27.7. The summed E-state index contributed by atoms with van der Waals surface area (Å²) in [6.45, 7) is 4.24. The molecular formula is C22H20N2O2. The Balaban J connectivity index is 1.74. The summed E-state index contributed by atoms with van der Waals surface area (Å²) >= 11 is 0. The number of para-hydroxylation sites is 2. The Bertz CT molecular complexity index is 1040. The largest absolute Gasteiger partial charge is 0.358 e. The summed E-state index contributed by atoms with van der Waals surface area (Å²) < 4.78 is 0. The molecule has 0 unspecified atom stereocenters. The van der Waals surface area contributed by atoms with E-state index in [9.17, 15) is 9.59 Å². The fourth-order valence-corrected chi connectivity index (χ4v) is 4.81. The molecule has 1 aliphatic heterocycles. The molecule has 26 heavy (non-hydrogen) atoms. The number of aromatic amines is 1. The average molecular weight is 344 g/mol. The van der Waals surface area contributed by atoms with Crippen molar-refractivity contribution in [2.75, 3.05) is 4.90 Å². The number of imide groups is 1. The van der Waals surface area contributed by atoms with Crippen molar-refractivity contribution in [2.45, 2.75) is 25.7 Å². The number of rotatable bonds is 1. The van der Waals surface area contributed by atoms with E-state index in [1.54, 1.807) is 0 Å². The smallest absolute Gasteiger partial charge is 0.242 e. The lowest BCUT2D eigenvalue weighted by molar-refractivity contribution is -0.123. The molecule has 3 aromatic rings. The van der Waals surface area contributed by atoms with Crippen LogP contribution in [-0.4, -0.2) is 16.8 Å². The molecule has 0 radical (unpaired) electrons. The van der Waals surface area contributed by atoms with Crippen LogP contribution in [0.3, 0.4) is 0 Å². The van der Waals surface area contributed by atoms with Crippen molar-refractivity contribution in [1.29, 1.82) is 0 Å². The predicted molar refractivity (Wildman–Crippen MR) is 101 cm³/mol. The summed E-state index contributed by atoms with van der Waals surface area (Å²) in [5.74, 6) is -0.571. The van der Waals surface area contributed by atoms with Gasteiger partial charge in [0.2, 0.25) is 11.8 Å². The van der Waals surface area contributed by atoms with Gasteiger partial charge in [0.15, 0.2) is 0 Å². The second-order valence-electron chi connectivity index (χ2n) is 7.50. The van der Waals surface area contributed by atoms with E-state index < -0.39 is 5.92 Å². The Labute approximate surface area is 151 Å². The van der Waals surface area contributed by atoms with Gasteiger partial charge in [0.05, 0.1) is 17.5 Å². The van der Waals surface area contributed by atoms with Crippen LogP contribution in [0.15, 0.2) is 54.6 Å². The maximum absolute atomic E-state index is 13.4. The van der Waals surface area contributed by atoms with Crippen LogP contribution < -0.4 is 4.90 Å². The molecule has 130 valence electrons. The minimum Gasteiger partial charge on any atom is -0.358 e. The number of hydrogen-bond acceptors (Lipinski definition) is 2. The number of benzene rings is 2. The van der Waals surface area contributed by atoms with Gasteiger partial charge in [-0.1, -0.05) is 50.2 Å². The summed E-state index contributed by atoms with van der Waals surface area (Å²) in [6, 6.07) is 17.3. The third kappa shape index (κ3) is 1.84. The first-order valence-corrected chi connectivity index (χ1v) is 9.13. The van der Waals surface area contributed by atoms with Gasteiger partial charge in [-0.2, -0.15) is 0 Å². The van der Waals surface area contributed by atoms with Gasteiger partial charge < -0.3 is 4.98 Å². The number of carbonyl (C=O) groups is 2. The number of nitrogens with one attached hydrogen (secondary N) is 1. The Morgan fingerprint density at radius 2 is 1.58 bits per heavy atom. The Morgan fingerprint density at radius 1 is 0.885 bits per heavy atom. The molecule has 1 saturated heterocycles. The molecule has 4 heteroatoms. The molecule has 1 N–H and O–H groups in total. The van der Waals surface area contributed by atoms with Crippen molar-refractivity contribution < 1.29 is 9.59 Å².